The molecule has 0 fully saturated rings. The molecule has 0 spiro atoms. The summed E-state index contributed by atoms with van der Waals surface area (Å²) in [4.78, 5) is 20.2. The smallest absolute Gasteiger partial charge is 0.227 e. The number of aromatic nitrogens is 2. The molecule has 0 saturated carbocycles. The van der Waals surface area contributed by atoms with Crippen LogP contribution in [0.3, 0.4) is 0 Å². The fourth-order valence-corrected chi connectivity index (χ4v) is 2.45. The highest BCUT2D eigenvalue weighted by Gasteiger charge is 2.04. The van der Waals surface area contributed by atoms with Crippen LogP contribution in [-0.2, 0) is 4.79 Å². The number of hydrogen-bond donors (Lipinski definition) is 2. The summed E-state index contributed by atoms with van der Waals surface area (Å²) < 4.78 is 5.52. The van der Waals surface area contributed by atoms with Crippen LogP contribution in [0.4, 0.5) is 17.2 Å². The van der Waals surface area contributed by atoms with Crippen molar-refractivity contribution in [2.45, 2.75) is 13.3 Å². The molecule has 0 aliphatic carbocycles. The van der Waals surface area contributed by atoms with Gasteiger partial charge in [0.15, 0.2) is 0 Å². The molecule has 0 aliphatic rings. The van der Waals surface area contributed by atoms with Crippen LogP contribution in [0.15, 0.2) is 60.9 Å². The van der Waals surface area contributed by atoms with Gasteiger partial charge < -0.3 is 15.4 Å². The molecule has 3 rings (SSSR count). The molecule has 0 unspecified atom stereocenters. The Bertz CT molecular complexity index is 899. The minimum atomic E-state index is -0.115. The van der Waals surface area contributed by atoms with Gasteiger partial charge >= 0.3 is 0 Å². The van der Waals surface area contributed by atoms with Gasteiger partial charge in [-0.1, -0.05) is 11.6 Å². The summed E-state index contributed by atoms with van der Waals surface area (Å²) in [5.41, 5.74) is 2.48. The van der Waals surface area contributed by atoms with Crippen LogP contribution in [0.5, 0.6) is 5.75 Å². The third-order valence-corrected chi connectivity index (χ3v) is 3.91. The number of carbonyl (C=O) groups excluding carboxylic acids is 1. The molecule has 0 saturated heterocycles. The standard InChI is InChI=1S/C20H19ClN4O2/c1-14-12-19(23-13-22-14)24-16-4-6-17(7-5-16)25-20(26)10-11-27-18-8-2-15(21)3-9-18/h2-9,12-13H,10-11H2,1H3,(H,25,26)(H,22,23,24). The van der Waals surface area contributed by atoms with Crippen molar-refractivity contribution in [3.8, 4) is 5.75 Å². The SMILES string of the molecule is Cc1cc(Nc2ccc(NC(=O)CCOc3ccc(Cl)cc3)cc2)ncn1. The van der Waals surface area contributed by atoms with E-state index in [1.807, 2.05) is 37.3 Å². The average Bonchev–Trinajstić information content (AvgIpc) is 2.65. The Kier molecular flexibility index (Phi) is 6.22. The topological polar surface area (TPSA) is 76.1 Å². The first kappa shape index (κ1) is 18.7. The molecule has 0 radical (unpaired) electrons. The highest BCUT2D eigenvalue weighted by molar-refractivity contribution is 6.30. The molecule has 3 aromatic rings. The number of nitrogens with one attached hydrogen (secondary N) is 2. The van der Waals surface area contributed by atoms with Gasteiger partial charge in [-0.15, -0.1) is 0 Å². The maximum Gasteiger partial charge on any atom is 0.227 e. The fourth-order valence-electron chi connectivity index (χ4n) is 2.32. The van der Waals surface area contributed by atoms with Gasteiger partial charge in [-0.05, 0) is 55.5 Å². The van der Waals surface area contributed by atoms with Crippen LogP contribution >= 0.6 is 11.6 Å². The van der Waals surface area contributed by atoms with Crippen molar-refractivity contribution in [2.24, 2.45) is 0 Å². The van der Waals surface area contributed by atoms with Crippen LogP contribution in [0.1, 0.15) is 12.1 Å². The summed E-state index contributed by atoms with van der Waals surface area (Å²) >= 11 is 5.82. The highest BCUT2D eigenvalue weighted by Crippen LogP contribution is 2.18. The van der Waals surface area contributed by atoms with Crippen LogP contribution in [0, 0.1) is 6.92 Å². The molecule has 1 amide bonds. The lowest BCUT2D eigenvalue weighted by molar-refractivity contribution is -0.116. The van der Waals surface area contributed by atoms with Crippen LogP contribution in [0.2, 0.25) is 5.02 Å². The van der Waals surface area contributed by atoms with Crippen molar-refractivity contribution in [1.29, 1.82) is 0 Å². The van der Waals surface area contributed by atoms with Crippen molar-refractivity contribution in [3.05, 3.63) is 71.6 Å². The molecule has 2 aromatic carbocycles. The van der Waals surface area contributed by atoms with Gasteiger partial charge in [0.05, 0.1) is 13.0 Å². The van der Waals surface area contributed by atoms with E-state index < -0.39 is 0 Å². The van der Waals surface area contributed by atoms with Crippen molar-refractivity contribution < 1.29 is 9.53 Å². The highest BCUT2D eigenvalue weighted by atomic mass is 35.5. The van der Waals surface area contributed by atoms with E-state index in [-0.39, 0.29) is 12.3 Å². The first-order chi connectivity index (χ1) is 13.1. The maximum atomic E-state index is 12.0. The molecule has 2 N–H and O–H groups in total. The predicted octanol–water partition coefficient (Wildman–Crippen LogP) is 4.59. The number of anilines is 3. The minimum absolute atomic E-state index is 0.115. The summed E-state index contributed by atoms with van der Waals surface area (Å²) in [6.45, 7) is 2.20. The Morgan fingerprint density at radius 3 is 2.44 bits per heavy atom. The second kappa shape index (κ2) is 9.00. The lowest BCUT2D eigenvalue weighted by atomic mass is 10.2. The molecule has 1 heterocycles. The Morgan fingerprint density at radius 2 is 1.74 bits per heavy atom. The summed E-state index contributed by atoms with van der Waals surface area (Å²) in [6, 6.07) is 16.3. The number of hydrogen-bond acceptors (Lipinski definition) is 5. The van der Waals surface area contributed by atoms with E-state index in [0.717, 1.165) is 22.9 Å². The van der Waals surface area contributed by atoms with Gasteiger partial charge in [0, 0.05) is 28.2 Å². The first-order valence-corrected chi connectivity index (χ1v) is 8.80. The summed E-state index contributed by atoms with van der Waals surface area (Å²) in [6.07, 6.45) is 1.77. The number of ether oxygens (including phenoxy) is 1. The predicted molar refractivity (Wildman–Crippen MR) is 107 cm³/mol. The van der Waals surface area contributed by atoms with E-state index in [0.29, 0.717) is 17.4 Å². The van der Waals surface area contributed by atoms with Gasteiger partial charge in [-0.2, -0.15) is 0 Å². The van der Waals surface area contributed by atoms with E-state index in [1.165, 1.54) is 6.33 Å². The number of amides is 1. The van der Waals surface area contributed by atoms with E-state index in [1.54, 1.807) is 24.3 Å². The van der Waals surface area contributed by atoms with Gasteiger partial charge in [0.25, 0.3) is 0 Å². The zero-order valence-corrected chi connectivity index (χ0v) is 15.5. The third kappa shape index (κ3) is 5.97. The van der Waals surface area contributed by atoms with Crippen LogP contribution in [-0.4, -0.2) is 22.5 Å². The Balaban J connectivity index is 1.46. The van der Waals surface area contributed by atoms with Crippen molar-refractivity contribution in [3.63, 3.8) is 0 Å². The second-order valence-corrected chi connectivity index (χ2v) is 6.28. The normalized spacial score (nSPS) is 10.3. The molecule has 6 nitrogen and oxygen atoms in total. The van der Waals surface area contributed by atoms with Gasteiger partial charge in [-0.3, -0.25) is 4.79 Å². The zero-order valence-electron chi connectivity index (χ0n) is 14.8. The monoisotopic (exact) mass is 382 g/mol. The molecule has 7 heteroatoms. The van der Waals surface area contributed by atoms with E-state index in [2.05, 4.69) is 20.6 Å². The summed E-state index contributed by atoms with van der Waals surface area (Å²) in [5, 5.41) is 6.68. The van der Waals surface area contributed by atoms with Crippen LogP contribution < -0.4 is 15.4 Å². The lowest BCUT2D eigenvalue weighted by Gasteiger charge is -2.09. The van der Waals surface area contributed by atoms with E-state index in [9.17, 15) is 4.79 Å². The number of rotatable bonds is 7. The van der Waals surface area contributed by atoms with Gasteiger partial charge in [0.1, 0.15) is 17.9 Å². The molecule has 27 heavy (non-hydrogen) atoms. The summed E-state index contributed by atoms with van der Waals surface area (Å²) in [5.74, 6) is 1.29. The minimum Gasteiger partial charge on any atom is -0.493 e. The number of carbonyl (C=O) groups is 1. The molecule has 0 bridgehead atoms. The molecular formula is C20H19ClN4O2. The van der Waals surface area contributed by atoms with E-state index in [4.69, 9.17) is 16.3 Å². The zero-order chi connectivity index (χ0) is 19.1. The lowest BCUT2D eigenvalue weighted by Crippen LogP contribution is -2.15. The third-order valence-electron chi connectivity index (χ3n) is 3.66. The Labute approximate surface area is 162 Å². The van der Waals surface area contributed by atoms with Crippen molar-refractivity contribution in [1.82, 2.24) is 9.97 Å². The maximum absolute atomic E-state index is 12.0. The largest absolute Gasteiger partial charge is 0.493 e. The van der Waals surface area contributed by atoms with Gasteiger partial charge in [-0.25, -0.2) is 9.97 Å². The quantitative estimate of drug-likeness (QED) is 0.625. The molecule has 1 aromatic heterocycles. The number of nitrogens with zero attached hydrogens (tertiary/aromatic N) is 2. The molecule has 0 aliphatic heterocycles. The second-order valence-electron chi connectivity index (χ2n) is 5.85. The number of benzene rings is 2. The average molecular weight is 383 g/mol. The van der Waals surface area contributed by atoms with Gasteiger partial charge in [0.2, 0.25) is 5.91 Å². The first-order valence-electron chi connectivity index (χ1n) is 8.42. The molecule has 0 atom stereocenters. The fraction of sp³-hybridized carbons (Fsp3) is 0.150. The Morgan fingerprint density at radius 1 is 1.04 bits per heavy atom. The Hall–Kier alpha value is -3.12. The number of halogens is 1. The van der Waals surface area contributed by atoms with E-state index >= 15 is 0 Å². The van der Waals surface area contributed by atoms with Crippen molar-refractivity contribution in [2.75, 3.05) is 17.2 Å². The van der Waals surface area contributed by atoms with Crippen LogP contribution in [0.25, 0.3) is 0 Å². The number of aryl methyl sites for hydroxylation is 1. The molecular weight excluding hydrogens is 364 g/mol. The van der Waals surface area contributed by atoms with Crippen molar-refractivity contribution >= 4 is 34.7 Å². The summed E-state index contributed by atoms with van der Waals surface area (Å²) in [7, 11) is 0. The molecule has 138 valence electrons.